The summed E-state index contributed by atoms with van der Waals surface area (Å²) in [5.74, 6) is 1.76. The number of nitrogens with zero attached hydrogens (tertiary/aromatic N) is 3. The van der Waals surface area contributed by atoms with Gasteiger partial charge >= 0.3 is 0 Å². The topological polar surface area (TPSA) is 33.1 Å². The molecule has 0 aliphatic carbocycles. The molecule has 2 heterocycles. The fourth-order valence-electron chi connectivity index (χ4n) is 2.79. The zero-order valence-electron chi connectivity index (χ0n) is 12.1. The van der Waals surface area contributed by atoms with Crippen LogP contribution in [0.3, 0.4) is 0 Å². The Kier molecular flexibility index (Phi) is 4.27. The van der Waals surface area contributed by atoms with Crippen molar-refractivity contribution in [3.8, 4) is 0 Å². The predicted molar refractivity (Wildman–Crippen MR) is 75.9 cm³/mol. The summed E-state index contributed by atoms with van der Waals surface area (Å²) < 4.78 is 1.89. The van der Waals surface area contributed by atoms with Gasteiger partial charge in [0.2, 0.25) is 0 Å². The molecule has 4 nitrogen and oxygen atoms in total. The van der Waals surface area contributed by atoms with Gasteiger partial charge in [0.05, 0.1) is 0 Å². The molecule has 1 fully saturated rings. The zero-order valence-corrected chi connectivity index (χ0v) is 12.1. The summed E-state index contributed by atoms with van der Waals surface area (Å²) in [7, 11) is 1.99. The average Bonchev–Trinajstić information content (AvgIpc) is 2.76. The van der Waals surface area contributed by atoms with Crippen molar-refractivity contribution in [1.82, 2.24) is 15.1 Å². The summed E-state index contributed by atoms with van der Waals surface area (Å²) in [6, 6.07) is 3.28. The smallest absolute Gasteiger partial charge is 0.150 e. The molecule has 2 rings (SSSR count). The van der Waals surface area contributed by atoms with Gasteiger partial charge in [0.25, 0.3) is 0 Å². The highest BCUT2D eigenvalue weighted by molar-refractivity contribution is 5.40. The van der Waals surface area contributed by atoms with E-state index in [2.05, 4.69) is 42.2 Å². The van der Waals surface area contributed by atoms with E-state index in [4.69, 9.17) is 0 Å². The van der Waals surface area contributed by atoms with Gasteiger partial charge in [-0.15, -0.1) is 0 Å². The van der Waals surface area contributed by atoms with Gasteiger partial charge in [0.15, 0.2) is 5.82 Å². The Morgan fingerprint density at radius 1 is 1.50 bits per heavy atom. The Morgan fingerprint density at radius 3 is 2.83 bits per heavy atom. The maximum atomic E-state index is 4.58. The van der Waals surface area contributed by atoms with E-state index in [9.17, 15) is 0 Å². The minimum Gasteiger partial charge on any atom is -0.349 e. The molecule has 0 aromatic carbocycles. The average molecular weight is 250 g/mol. The summed E-state index contributed by atoms with van der Waals surface area (Å²) >= 11 is 0. The summed E-state index contributed by atoms with van der Waals surface area (Å²) in [6.07, 6.45) is 4.51. The second-order valence-corrected chi connectivity index (χ2v) is 5.71. The van der Waals surface area contributed by atoms with Crippen molar-refractivity contribution >= 4 is 5.82 Å². The number of rotatable bonds is 4. The maximum absolute atomic E-state index is 4.58. The van der Waals surface area contributed by atoms with Gasteiger partial charge in [0, 0.05) is 44.5 Å². The summed E-state index contributed by atoms with van der Waals surface area (Å²) in [5.41, 5.74) is 0. The first-order chi connectivity index (χ1) is 8.61. The molecular formula is C14H26N4. The van der Waals surface area contributed by atoms with E-state index in [1.807, 2.05) is 17.9 Å². The highest BCUT2D eigenvalue weighted by Crippen LogP contribution is 2.22. The molecule has 1 N–H and O–H groups in total. The lowest BCUT2D eigenvalue weighted by atomic mass is 9.97. The number of hydrogen-bond donors (Lipinski definition) is 1. The Balaban J connectivity index is 2.14. The predicted octanol–water partition coefficient (Wildman–Crippen LogP) is 2.02. The molecule has 2 unspecified atom stereocenters. The molecule has 0 radical (unpaired) electrons. The normalized spacial score (nSPS) is 24.8. The monoisotopic (exact) mass is 250 g/mol. The van der Waals surface area contributed by atoms with E-state index in [1.165, 1.54) is 12.8 Å². The molecular weight excluding hydrogens is 224 g/mol. The van der Waals surface area contributed by atoms with Gasteiger partial charge in [-0.25, -0.2) is 0 Å². The quantitative estimate of drug-likeness (QED) is 0.887. The fraction of sp³-hybridized carbons (Fsp3) is 0.786. The van der Waals surface area contributed by atoms with E-state index in [0.29, 0.717) is 18.0 Å². The van der Waals surface area contributed by atoms with Gasteiger partial charge in [-0.2, -0.15) is 5.10 Å². The minimum absolute atomic E-state index is 0.549. The molecule has 2 atom stereocenters. The Hall–Kier alpha value is -1.03. The molecule has 1 aliphatic heterocycles. The van der Waals surface area contributed by atoms with Crippen LogP contribution in [0.1, 0.15) is 33.6 Å². The summed E-state index contributed by atoms with van der Waals surface area (Å²) in [4.78, 5) is 2.49. The lowest BCUT2D eigenvalue weighted by Crippen LogP contribution is -2.58. The van der Waals surface area contributed by atoms with Crippen molar-refractivity contribution in [3.63, 3.8) is 0 Å². The van der Waals surface area contributed by atoms with E-state index in [1.54, 1.807) is 0 Å². The van der Waals surface area contributed by atoms with Crippen LogP contribution in [0, 0.1) is 5.92 Å². The second kappa shape index (κ2) is 5.74. The standard InChI is InChI=1S/C14H26N4/c1-5-6-12-10-18(13(9-15-12)11(2)3)14-7-8-17(4)16-14/h7-8,11-13,15H,5-6,9-10H2,1-4H3. The van der Waals surface area contributed by atoms with Crippen molar-refractivity contribution in [2.75, 3.05) is 18.0 Å². The van der Waals surface area contributed by atoms with E-state index >= 15 is 0 Å². The highest BCUT2D eigenvalue weighted by atomic mass is 15.4. The maximum Gasteiger partial charge on any atom is 0.150 e. The van der Waals surface area contributed by atoms with Gasteiger partial charge in [-0.1, -0.05) is 27.2 Å². The molecule has 0 saturated carbocycles. The van der Waals surface area contributed by atoms with E-state index in [-0.39, 0.29) is 0 Å². The van der Waals surface area contributed by atoms with Gasteiger partial charge in [-0.3, -0.25) is 4.68 Å². The van der Waals surface area contributed by atoms with E-state index < -0.39 is 0 Å². The van der Waals surface area contributed by atoms with Crippen LogP contribution in [0.2, 0.25) is 0 Å². The SMILES string of the molecule is CCCC1CN(c2ccn(C)n2)C(C(C)C)CN1. The highest BCUT2D eigenvalue weighted by Gasteiger charge is 2.30. The van der Waals surface area contributed by atoms with Crippen molar-refractivity contribution in [1.29, 1.82) is 0 Å². The third-order valence-corrected chi connectivity index (χ3v) is 3.83. The van der Waals surface area contributed by atoms with Crippen LogP contribution in [0.5, 0.6) is 0 Å². The van der Waals surface area contributed by atoms with Crippen LogP contribution in [0.15, 0.2) is 12.3 Å². The lowest BCUT2D eigenvalue weighted by molar-refractivity contribution is 0.325. The van der Waals surface area contributed by atoms with Crippen LogP contribution in [-0.2, 0) is 7.05 Å². The number of hydrogen-bond acceptors (Lipinski definition) is 3. The molecule has 1 aliphatic rings. The van der Waals surface area contributed by atoms with Crippen molar-refractivity contribution < 1.29 is 0 Å². The third-order valence-electron chi connectivity index (χ3n) is 3.83. The van der Waals surface area contributed by atoms with Crippen molar-refractivity contribution in [2.45, 2.75) is 45.7 Å². The van der Waals surface area contributed by atoms with Crippen LogP contribution < -0.4 is 10.2 Å². The van der Waals surface area contributed by atoms with Crippen molar-refractivity contribution in [3.05, 3.63) is 12.3 Å². The molecule has 0 amide bonds. The number of aryl methyl sites for hydroxylation is 1. The molecule has 1 aromatic heterocycles. The van der Waals surface area contributed by atoms with Gasteiger partial charge < -0.3 is 10.2 Å². The number of nitrogens with one attached hydrogen (secondary N) is 1. The van der Waals surface area contributed by atoms with Crippen LogP contribution in [-0.4, -0.2) is 35.0 Å². The zero-order chi connectivity index (χ0) is 13.1. The summed E-state index contributed by atoms with van der Waals surface area (Å²) in [5, 5.41) is 8.26. The first-order valence-corrected chi connectivity index (χ1v) is 7.11. The molecule has 0 bridgehead atoms. The molecule has 0 spiro atoms. The first kappa shape index (κ1) is 13.4. The van der Waals surface area contributed by atoms with E-state index in [0.717, 1.165) is 18.9 Å². The number of piperazine rings is 1. The Bertz CT molecular complexity index is 372. The molecule has 18 heavy (non-hydrogen) atoms. The first-order valence-electron chi connectivity index (χ1n) is 7.11. The van der Waals surface area contributed by atoms with Crippen LogP contribution in [0.4, 0.5) is 5.82 Å². The Labute approximate surface area is 110 Å². The number of anilines is 1. The lowest BCUT2D eigenvalue weighted by Gasteiger charge is -2.42. The minimum atomic E-state index is 0.549. The van der Waals surface area contributed by atoms with Gasteiger partial charge in [0.1, 0.15) is 0 Å². The van der Waals surface area contributed by atoms with Crippen LogP contribution >= 0.6 is 0 Å². The third kappa shape index (κ3) is 2.86. The van der Waals surface area contributed by atoms with Crippen molar-refractivity contribution in [2.24, 2.45) is 13.0 Å². The van der Waals surface area contributed by atoms with Gasteiger partial charge in [-0.05, 0) is 12.3 Å². The Morgan fingerprint density at radius 2 is 2.28 bits per heavy atom. The van der Waals surface area contributed by atoms with Crippen LogP contribution in [0.25, 0.3) is 0 Å². The molecule has 1 saturated heterocycles. The second-order valence-electron chi connectivity index (χ2n) is 5.71. The fourth-order valence-corrected chi connectivity index (χ4v) is 2.79. The largest absolute Gasteiger partial charge is 0.349 e. The molecule has 102 valence electrons. The summed E-state index contributed by atoms with van der Waals surface area (Å²) in [6.45, 7) is 8.98. The number of aromatic nitrogens is 2. The molecule has 1 aromatic rings. The molecule has 4 heteroatoms.